The number of nitrogens with one attached hydrogen (secondary N) is 1. The van der Waals surface area contributed by atoms with Gasteiger partial charge in [0.05, 0.1) is 30.3 Å². The van der Waals surface area contributed by atoms with E-state index in [1.54, 1.807) is 0 Å². The highest BCUT2D eigenvalue weighted by Gasteiger charge is 2.30. The number of tetrazole rings is 1. The Kier molecular flexibility index (Phi) is 7.68. The number of rotatable bonds is 8. The van der Waals surface area contributed by atoms with Crippen molar-refractivity contribution >= 4 is 10.9 Å². The minimum atomic E-state index is -0.238. The Morgan fingerprint density at radius 3 is 2.60 bits per heavy atom. The Balaban J connectivity index is 1.69. The zero-order chi connectivity index (χ0) is 25.2. The van der Waals surface area contributed by atoms with Gasteiger partial charge in [-0.05, 0) is 74.5 Å². The molecule has 3 heterocycles. The molecule has 1 unspecified atom stereocenters. The van der Waals surface area contributed by atoms with E-state index in [-0.39, 0.29) is 17.1 Å². The fourth-order valence-electron chi connectivity index (χ4n) is 4.99. The molecule has 0 aliphatic carbocycles. The maximum Gasteiger partial charge on any atom is 0.252 e. The molecular formula is C26H39N7O2. The largest absolute Gasteiger partial charge is 0.379 e. The van der Waals surface area contributed by atoms with Crippen molar-refractivity contribution in [1.82, 2.24) is 35.0 Å². The number of nitrogens with zero attached hydrogens (tertiary/aromatic N) is 6. The predicted octanol–water partition coefficient (Wildman–Crippen LogP) is 3.17. The average Bonchev–Trinajstić information content (AvgIpc) is 3.30. The van der Waals surface area contributed by atoms with E-state index in [4.69, 9.17) is 4.74 Å². The normalized spacial score (nSPS) is 16.3. The van der Waals surface area contributed by atoms with Gasteiger partial charge in [-0.2, -0.15) is 0 Å². The third-order valence-corrected chi connectivity index (χ3v) is 6.81. The van der Waals surface area contributed by atoms with Crippen LogP contribution in [0.3, 0.4) is 0 Å². The minimum Gasteiger partial charge on any atom is -0.379 e. The smallest absolute Gasteiger partial charge is 0.252 e. The Morgan fingerprint density at radius 2 is 1.91 bits per heavy atom. The first-order valence-electron chi connectivity index (χ1n) is 12.6. The molecule has 3 aromatic rings. The summed E-state index contributed by atoms with van der Waals surface area (Å²) in [5.41, 5.74) is 3.67. The lowest BCUT2D eigenvalue weighted by molar-refractivity contribution is 0.0289. The van der Waals surface area contributed by atoms with Crippen LogP contribution in [-0.2, 0) is 16.8 Å². The second-order valence-electron chi connectivity index (χ2n) is 10.6. The molecule has 0 bridgehead atoms. The van der Waals surface area contributed by atoms with Gasteiger partial charge in [0, 0.05) is 38.3 Å². The zero-order valence-corrected chi connectivity index (χ0v) is 22.0. The van der Waals surface area contributed by atoms with E-state index in [9.17, 15) is 4.79 Å². The lowest BCUT2D eigenvalue weighted by atomic mass is 10.0. The van der Waals surface area contributed by atoms with Crippen molar-refractivity contribution in [2.24, 2.45) is 0 Å². The van der Waals surface area contributed by atoms with E-state index in [2.05, 4.69) is 83.1 Å². The SMILES string of the molecule is CCC(c1nnnn1C(C)(C)C)N(CCN1CCOCC1)Cc1cc2cc(C)cc(C)c2[nH]c1=O. The fourth-order valence-corrected chi connectivity index (χ4v) is 4.99. The number of H-pyrrole nitrogens is 1. The molecule has 190 valence electrons. The van der Waals surface area contributed by atoms with E-state index >= 15 is 0 Å². The van der Waals surface area contributed by atoms with E-state index in [0.717, 1.165) is 73.7 Å². The molecular weight excluding hydrogens is 442 g/mol. The van der Waals surface area contributed by atoms with Crippen LogP contribution in [-0.4, -0.2) is 74.4 Å². The second-order valence-corrected chi connectivity index (χ2v) is 10.6. The van der Waals surface area contributed by atoms with Gasteiger partial charge in [-0.1, -0.05) is 18.6 Å². The third kappa shape index (κ3) is 5.79. The lowest BCUT2D eigenvalue weighted by Gasteiger charge is -2.34. The summed E-state index contributed by atoms with van der Waals surface area (Å²) >= 11 is 0. The Morgan fingerprint density at radius 1 is 1.17 bits per heavy atom. The highest BCUT2D eigenvalue weighted by atomic mass is 16.5. The van der Waals surface area contributed by atoms with Gasteiger partial charge in [0.1, 0.15) is 0 Å². The number of fused-ring (bicyclic) bond motifs is 1. The number of aromatic amines is 1. The maximum atomic E-state index is 13.2. The molecule has 9 heteroatoms. The summed E-state index contributed by atoms with van der Waals surface area (Å²) in [5.74, 6) is 0.839. The highest BCUT2D eigenvalue weighted by molar-refractivity contribution is 5.82. The topological polar surface area (TPSA) is 92.2 Å². The standard InChI is InChI=1S/C26H39N7O2/c1-7-22(24-28-29-30-33(24)26(4,5)6)32(9-8-31-10-12-35-13-11-31)17-21-16-20-15-18(2)14-19(3)23(20)27-25(21)34/h14-16,22H,7-13,17H2,1-6H3,(H,27,34). The van der Waals surface area contributed by atoms with Crippen LogP contribution in [0.5, 0.6) is 0 Å². The van der Waals surface area contributed by atoms with Gasteiger partial charge < -0.3 is 9.72 Å². The van der Waals surface area contributed by atoms with Gasteiger partial charge >= 0.3 is 0 Å². The van der Waals surface area contributed by atoms with Crippen LogP contribution in [0, 0.1) is 13.8 Å². The lowest BCUT2D eigenvalue weighted by Crippen LogP contribution is -2.43. The van der Waals surface area contributed by atoms with Crippen molar-refractivity contribution in [3.63, 3.8) is 0 Å². The number of aryl methyl sites for hydroxylation is 2. The molecule has 35 heavy (non-hydrogen) atoms. The fraction of sp³-hybridized carbons (Fsp3) is 0.615. The molecule has 0 radical (unpaired) electrons. The minimum absolute atomic E-state index is 0.0143. The molecule has 1 aliphatic rings. The average molecular weight is 482 g/mol. The van der Waals surface area contributed by atoms with Crippen molar-refractivity contribution < 1.29 is 4.74 Å². The Bertz CT molecular complexity index is 1200. The quantitative estimate of drug-likeness (QED) is 0.528. The summed E-state index contributed by atoms with van der Waals surface area (Å²) in [6.07, 6.45) is 0.837. The Hall–Kier alpha value is -2.62. The molecule has 0 amide bonds. The van der Waals surface area contributed by atoms with Gasteiger partial charge in [0.25, 0.3) is 5.56 Å². The number of ether oxygens (including phenoxy) is 1. The van der Waals surface area contributed by atoms with Crippen LogP contribution in [0.2, 0.25) is 0 Å². The molecule has 0 spiro atoms. The van der Waals surface area contributed by atoms with Crippen molar-refractivity contribution in [2.45, 2.75) is 66.1 Å². The first kappa shape index (κ1) is 25.5. The molecule has 0 saturated carbocycles. The van der Waals surface area contributed by atoms with Crippen molar-refractivity contribution in [1.29, 1.82) is 0 Å². The third-order valence-electron chi connectivity index (χ3n) is 6.81. The second kappa shape index (κ2) is 10.6. The molecule has 1 aromatic carbocycles. The van der Waals surface area contributed by atoms with Crippen LogP contribution < -0.4 is 5.56 Å². The summed E-state index contributed by atoms with van der Waals surface area (Å²) in [5, 5.41) is 13.8. The van der Waals surface area contributed by atoms with E-state index in [1.807, 2.05) is 11.6 Å². The molecule has 4 rings (SSSR count). The number of hydrogen-bond donors (Lipinski definition) is 1. The van der Waals surface area contributed by atoms with Crippen molar-refractivity contribution in [3.8, 4) is 0 Å². The van der Waals surface area contributed by atoms with Gasteiger partial charge in [0.2, 0.25) is 0 Å². The van der Waals surface area contributed by atoms with Crippen LogP contribution in [0.4, 0.5) is 0 Å². The Labute approximate surface area is 207 Å². The molecule has 1 N–H and O–H groups in total. The summed E-state index contributed by atoms with van der Waals surface area (Å²) in [7, 11) is 0. The van der Waals surface area contributed by atoms with E-state index in [1.165, 1.54) is 5.56 Å². The van der Waals surface area contributed by atoms with Gasteiger partial charge in [-0.3, -0.25) is 14.6 Å². The molecule has 1 fully saturated rings. The number of benzene rings is 1. The maximum absolute atomic E-state index is 13.2. The molecule has 1 saturated heterocycles. The van der Waals surface area contributed by atoms with E-state index < -0.39 is 0 Å². The first-order chi connectivity index (χ1) is 16.7. The first-order valence-corrected chi connectivity index (χ1v) is 12.6. The van der Waals surface area contributed by atoms with E-state index in [0.29, 0.717) is 6.54 Å². The van der Waals surface area contributed by atoms with Crippen LogP contribution in [0.1, 0.15) is 62.7 Å². The molecule has 2 aromatic heterocycles. The number of hydrogen-bond acceptors (Lipinski definition) is 7. The summed E-state index contributed by atoms with van der Waals surface area (Å²) < 4.78 is 7.45. The number of morpholine rings is 1. The molecule has 9 nitrogen and oxygen atoms in total. The summed E-state index contributed by atoms with van der Waals surface area (Å²) in [6, 6.07) is 6.28. The molecule has 1 atom stereocenters. The van der Waals surface area contributed by atoms with Crippen LogP contribution in [0.15, 0.2) is 23.0 Å². The zero-order valence-electron chi connectivity index (χ0n) is 22.0. The summed E-state index contributed by atoms with van der Waals surface area (Å²) in [6.45, 7) is 18.2. The van der Waals surface area contributed by atoms with Crippen LogP contribution in [0.25, 0.3) is 10.9 Å². The summed E-state index contributed by atoms with van der Waals surface area (Å²) in [4.78, 5) is 21.1. The van der Waals surface area contributed by atoms with Gasteiger partial charge in [-0.15, -0.1) is 5.10 Å². The number of aromatic nitrogens is 5. The van der Waals surface area contributed by atoms with Crippen molar-refractivity contribution in [3.05, 3.63) is 51.1 Å². The van der Waals surface area contributed by atoms with Gasteiger partial charge in [-0.25, -0.2) is 4.68 Å². The predicted molar refractivity (Wildman–Crippen MR) is 138 cm³/mol. The van der Waals surface area contributed by atoms with Gasteiger partial charge in [0.15, 0.2) is 5.82 Å². The highest BCUT2D eigenvalue weighted by Crippen LogP contribution is 2.27. The van der Waals surface area contributed by atoms with Crippen molar-refractivity contribution in [2.75, 3.05) is 39.4 Å². The number of pyridine rings is 1. The monoisotopic (exact) mass is 481 g/mol. The molecule has 1 aliphatic heterocycles. The van der Waals surface area contributed by atoms with Crippen LogP contribution >= 0.6 is 0 Å².